The molecule has 0 unspecified atom stereocenters. The zero-order valence-electron chi connectivity index (χ0n) is 17.8. The van der Waals surface area contributed by atoms with E-state index in [4.69, 9.17) is 14.7 Å². The van der Waals surface area contributed by atoms with Crippen LogP contribution in [0.15, 0.2) is 29.3 Å². The Bertz CT molecular complexity index is 947. The van der Waals surface area contributed by atoms with Crippen molar-refractivity contribution in [3.05, 3.63) is 30.1 Å². The SMILES string of the molecule is N#CC1(NC(=O)CSc2nc(CN3CCOCC3)nc3ccccc23)CCCCCC1. The zero-order chi connectivity index (χ0) is 21.5. The number of hydrogen-bond acceptors (Lipinski definition) is 7. The summed E-state index contributed by atoms with van der Waals surface area (Å²) in [7, 11) is 0. The van der Waals surface area contributed by atoms with E-state index in [0.29, 0.717) is 6.54 Å². The van der Waals surface area contributed by atoms with Crippen LogP contribution in [-0.4, -0.2) is 58.4 Å². The molecule has 1 amide bonds. The van der Waals surface area contributed by atoms with E-state index < -0.39 is 5.54 Å². The van der Waals surface area contributed by atoms with Gasteiger partial charge in [0.2, 0.25) is 5.91 Å². The molecular weight excluding hydrogens is 410 g/mol. The quantitative estimate of drug-likeness (QED) is 0.419. The smallest absolute Gasteiger partial charge is 0.231 e. The topological polar surface area (TPSA) is 91.1 Å². The number of benzene rings is 1. The number of thioether (sulfide) groups is 1. The Morgan fingerprint density at radius 1 is 1.16 bits per heavy atom. The Morgan fingerprint density at radius 2 is 1.90 bits per heavy atom. The third kappa shape index (κ3) is 5.73. The summed E-state index contributed by atoms with van der Waals surface area (Å²) in [6, 6.07) is 10.3. The second kappa shape index (κ2) is 10.4. The molecule has 1 aromatic heterocycles. The summed E-state index contributed by atoms with van der Waals surface area (Å²) in [6.45, 7) is 3.88. The van der Waals surface area contributed by atoms with Crippen LogP contribution in [-0.2, 0) is 16.1 Å². The number of nitriles is 1. The maximum atomic E-state index is 12.8. The molecule has 31 heavy (non-hydrogen) atoms. The van der Waals surface area contributed by atoms with Gasteiger partial charge in [-0.3, -0.25) is 9.69 Å². The molecule has 4 rings (SSSR count). The monoisotopic (exact) mass is 439 g/mol. The van der Waals surface area contributed by atoms with E-state index in [-0.39, 0.29) is 11.7 Å². The first-order valence-corrected chi connectivity index (χ1v) is 12.1. The highest BCUT2D eigenvalue weighted by Crippen LogP contribution is 2.28. The first kappa shape index (κ1) is 22.0. The molecule has 164 valence electrons. The molecule has 0 radical (unpaired) electrons. The van der Waals surface area contributed by atoms with Crippen molar-refractivity contribution < 1.29 is 9.53 Å². The zero-order valence-corrected chi connectivity index (χ0v) is 18.6. The third-order valence-electron chi connectivity index (χ3n) is 5.97. The van der Waals surface area contributed by atoms with Crippen molar-refractivity contribution in [2.45, 2.75) is 55.6 Å². The Kier molecular flexibility index (Phi) is 7.38. The summed E-state index contributed by atoms with van der Waals surface area (Å²) in [4.78, 5) is 24.6. The van der Waals surface area contributed by atoms with E-state index in [1.54, 1.807) is 0 Å². The van der Waals surface area contributed by atoms with E-state index in [9.17, 15) is 10.1 Å². The van der Waals surface area contributed by atoms with E-state index in [1.165, 1.54) is 11.8 Å². The van der Waals surface area contributed by atoms with Gasteiger partial charge in [-0.2, -0.15) is 5.26 Å². The van der Waals surface area contributed by atoms with E-state index in [2.05, 4.69) is 16.3 Å². The second-order valence-corrected chi connectivity index (χ2v) is 9.26. The molecule has 0 atom stereocenters. The van der Waals surface area contributed by atoms with Crippen molar-refractivity contribution in [3.8, 4) is 6.07 Å². The van der Waals surface area contributed by atoms with Crippen molar-refractivity contribution in [1.29, 1.82) is 5.26 Å². The van der Waals surface area contributed by atoms with Crippen LogP contribution in [0, 0.1) is 11.3 Å². The van der Waals surface area contributed by atoms with Crippen LogP contribution in [0.2, 0.25) is 0 Å². The van der Waals surface area contributed by atoms with E-state index in [1.807, 2.05) is 24.3 Å². The molecule has 1 aromatic carbocycles. The number of nitrogens with one attached hydrogen (secondary N) is 1. The second-order valence-electron chi connectivity index (χ2n) is 8.30. The highest BCUT2D eigenvalue weighted by atomic mass is 32.2. The Morgan fingerprint density at radius 3 is 2.65 bits per heavy atom. The molecule has 1 N–H and O–H groups in total. The van der Waals surface area contributed by atoms with Crippen LogP contribution in [0.5, 0.6) is 0 Å². The molecule has 1 saturated heterocycles. The molecule has 2 fully saturated rings. The molecule has 1 aliphatic heterocycles. The normalized spacial score (nSPS) is 19.5. The maximum absolute atomic E-state index is 12.8. The maximum Gasteiger partial charge on any atom is 0.231 e. The van der Waals surface area contributed by atoms with Gasteiger partial charge in [0.15, 0.2) is 0 Å². The number of hydrogen-bond donors (Lipinski definition) is 1. The summed E-state index contributed by atoms with van der Waals surface area (Å²) in [5, 5.41) is 14.5. The number of morpholine rings is 1. The summed E-state index contributed by atoms with van der Waals surface area (Å²) >= 11 is 1.42. The molecular formula is C23H29N5O2S. The predicted molar refractivity (Wildman–Crippen MR) is 121 cm³/mol. The highest BCUT2D eigenvalue weighted by Gasteiger charge is 2.32. The molecule has 2 aromatic rings. The standard InChI is InChI=1S/C23H29N5O2S/c24-17-23(9-5-1-2-6-10-23)27-21(29)16-31-22-18-7-3-4-8-19(18)25-20(26-22)15-28-11-13-30-14-12-28/h3-4,7-8H,1-2,5-6,9-16H2,(H,27,29). The van der Waals surface area contributed by atoms with Crippen molar-refractivity contribution in [1.82, 2.24) is 20.2 Å². The fraction of sp³-hybridized carbons (Fsp3) is 0.565. The summed E-state index contributed by atoms with van der Waals surface area (Å²) in [5.74, 6) is 0.896. The van der Waals surface area contributed by atoms with Crippen LogP contribution in [0.3, 0.4) is 0 Å². The van der Waals surface area contributed by atoms with E-state index in [0.717, 1.165) is 86.6 Å². The van der Waals surface area contributed by atoms with Gasteiger partial charge < -0.3 is 10.1 Å². The molecule has 0 spiro atoms. The van der Waals surface area contributed by atoms with Gasteiger partial charge in [-0.1, -0.05) is 55.6 Å². The van der Waals surface area contributed by atoms with Crippen LogP contribution in [0.4, 0.5) is 0 Å². The lowest BCUT2D eigenvalue weighted by atomic mass is 9.92. The Balaban J connectivity index is 1.46. The molecule has 7 nitrogen and oxygen atoms in total. The largest absolute Gasteiger partial charge is 0.379 e. The van der Waals surface area contributed by atoms with Gasteiger partial charge in [-0.05, 0) is 18.9 Å². The van der Waals surface area contributed by atoms with Crippen LogP contribution in [0.25, 0.3) is 10.9 Å². The minimum atomic E-state index is -0.719. The number of carbonyl (C=O) groups excluding carboxylic acids is 1. The lowest BCUT2D eigenvalue weighted by Crippen LogP contribution is -2.47. The lowest BCUT2D eigenvalue weighted by Gasteiger charge is -2.26. The van der Waals surface area contributed by atoms with Gasteiger partial charge >= 0.3 is 0 Å². The minimum Gasteiger partial charge on any atom is -0.379 e. The minimum absolute atomic E-state index is 0.106. The molecule has 0 bridgehead atoms. The van der Waals surface area contributed by atoms with Crippen LogP contribution >= 0.6 is 11.8 Å². The van der Waals surface area contributed by atoms with Gasteiger partial charge in [0, 0.05) is 18.5 Å². The van der Waals surface area contributed by atoms with Crippen molar-refractivity contribution >= 4 is 28.6 Å². The summed E-state index contributed by atoms with van der Waals surface area (Å²) in [5.41, 5.74) is 0.171. The number of para-hydroxylation sites is 1. The fourth-order valence-corrected chi connectivity index (χ4v) is 5.11. The van der Waals surface area contributed by atoms with Crippen molar-refractivity contribution in [2.75, 3.05) is 32.1 Å². The number of ether oxygens (including phenoxy) is 1. The number of rotatable bonds is 6. The van der Waals surface area contributed by atoms with Gasteiger partial charge in [0.25, 0.3) is 0 Å². The number of fused-ring (bicyclic) bond motifs is 1. The molecule has 2 heterocycles. The van der Waals surface area contributed by atoms with Gasteiger partial charge in [0.1, 0.15) is 16.4 Å². The van der Waals surface area contributed by atoms with Crippen molar-refractivity contribution in [3.63, 3.8) is 0 Å². The first-order chi connectivity index (χ1) is 15.2. The molecule has 1 aliphatic carbocycles. The van der Waals surface area contributed by atoms with Crippen LogP contribution < -0.4 is 5.32 Å². The number of aromatic nitrogens is 2. The average Bonchev–Trinajstić information content (AvgIpc) is 3.04. The fourth-order valence-electron chi connectivity index (χ4n) is 4.27. The van der Waals surface area contributed by atoms with Gasteiger partial charge in [-0.25, -0.2) is 9.97 Å². The van der Waals surface area contributed by atoms with Crippen LogP contribution in [0.1, 0.15) is 44.3 Å². The number of carbonyl (C=O) groups is 1. The summed E-state index contributed by atoms with van der Waals surface area (Å²) < 4.78 is 5.43. The molecule has 2 aliphatic rings. The van der Waals surface area contributed by atoms with Gasteiger partial charge in [-0.15, -0.1) is 0 Å². The Hall–Kier alpha value is -2.21. The molecule has 8 heteroatoms. The average molecular weight is 440 g/mol. The Labute approximate surface area is 187 Å². The van der Waals surface area contributed by atoms with E-state index >= 15 is 0 Å². The predicted octanol–water partition coefficient (Wildman–Crippen LogP) is 3.29. The lowest BCUT2D eigenvalue weighted by molar-refractivity contribution is -0.120. The first-order valence-electron chi connectivity index (χ1n) is 11.1. The third-order valence-corrected chi connectivity index (χ3v) is 6.96. The number of nitrogens with zero attached hydrogens (tertiary/aromatic N) is 4. The van der Waals surface area contributed by atoms with Gasteiger partial charge in [0.05, 0.1) is 37.1 Å². The molecule has 1 saturated carbocycles. The van der Waals surface area contributed by atoms with Crippen molar-refractivity contribution in [2.24, 2.45) is 0 Å². The highest BCUT2D eigenvalue weighted by molar-refractivity contribution is 8.00. The summed E-state index contributed by atoms with van der Waals surface area (Å²) in [6.07, 6.45) is 5.71. The number of amides is 1.